The highest BCUT2D eigenvalue weighted by Crippen LogP contribution is 2.19. The van der Waals surface area contributed by atoms with E-state index in [2.05, 4.69) is 4.74 Å². The number of aliphatic hydroxyl groups is 1. The highest BCUT2D eigenvalue weighted by Gasteiger charge is 2.09. The number of hydrogen-bond acceptors (Lipinski definition) is 6. The van der Waals surface area contributed by atoms with E-state index < -0.39 is 5.97 Å². The standard InChI is InChI=1S/C20H22O6/c21-13-3-1-2-4-14-24-17-7-5-16(6-8-17)20(23)26-19-11-9-18(10-12-19)25-15-22/h5-12,15,21H,1-4,13-14H2. The number of aliphatic hydroxyl groups excluding tert-OH is 1. The lowest BCUT2D eigenvalue weighted by Gasteiger charge is -2.08. The SMILES string of the molecule is O=COc1ccc(OC(=O)c2ccc(OCCCCCCO)cc2)cc1. The summed E-state index contributed by atoms with van der Waals surface area (Å²) in [7, 11) is 0. The van der Waals surface area contributed by atoms with E-state index in [0.29, 0.717) is 35.9 Å². The molecular weight excluding hydrogens is 336 g/mol. The van der Waals surface area contributed by atoms with E-state index >= 15 is 0 Å². The van der Waals surface area contributed by atoms with Gasteiger partial charge in [-0.05, 0) is 67.8 Å². The number of carbonyl (C=O) groups excluding carboxylic acids is 2. The minimum Gasteiger partial charge on any atom is -0.494 e. The second-order valence-electron chi connectivity index (χ2n) is 5.59. The van der Waals surface area contributed by atoms with Crippen LogP contribution in [-0.4, -0.2) is 30.8 Å². The number of benzene rings is 2. The molecule has 0 spiro atoms. The molecule has 2 aromatic rings. The fraction of sp³-hybridized carbons (Fsp3) is 0.300. The van der Waals surface area contributed by atoms with Gasteiger partial charge in [0, 0.05) is 6.61 Å². The molecule has 0 bridgehead atoms. The van der Waals surface area contributed by atoms with E-state index in [4.69, 9.17) is 14.6 Å². The molecule has 2 aromatic carbocycles. The Morgan fingerprint density at radius 1 is 0.846 bits per heavy atom. The quantitative estimate of drug-likeness (QED) is 0.287. The van der Waals surface area contributed by atoms with E-state index in [0.717, 1.165) is 25.7 Å². The summed E-state index contributed by atoms with van der Waals surface area (Å²) in [6.45, 7) is 1.17. The van der Waals surface area contributed by atoms with Crippen LogP contribution in [-0.2, 0) is 4.79 Å². The van der Waals surface area contributed by atoms with Gasteiger partial charge in [0.1, 0.15) is 17.2 Å². The van der Waals surface area contributed by atoms with Crippen LogP contribution in [0.3, 0.4) is 0 Å². The normalized spacial score (nSPS) is 10.2. The summed E-state index contributed by atoms with van der Waals surface area (Å²) >= 11 is 0. The molecule has 0 aliphatic rings. The Labute approximate surface area is 152 Å². The molecular formula is C20H22O6. The molecule has 0 heterocycles. The van der Waals surface area contributed by atoms with Gasteiger partial charge >= 0.3 is 5.97 Å². The Bertz CT molecular complexity index is 678. The maximum atomic E-state index is 12.1. The van der Waals surface area contributed by atoms with E-state index in [1.54, 1.807) is 36.4 Å². The monoisotopic (exact) mass is 358 g/mol. The van der Waals surface area contributed by atoms with Gasteiger partial charge in [-0.15, -0.1) is 0 Å². The number of unbranched alkanes of at least 4 members (excludes halogenated alkanes) is 3. The Hall–Kier alpha value is -2.86. The molecule has 0 aliphatic carbocycles. The minimum absolute atomic E-state index is 0.231. The third-order valence-corrected chi connectivity index (χ3v) is 3.63. The lowest BCUT2D eigenvalue weighted by molar-refractivity contribution is -0.120. The van der Waals surface area contributed by atoms with Gasteiger partial charge < -0.3 is 19.3 Å². The largest absolute Gasteiger partial charge is 0.494 e. The summed E-state index contributed by atoms with van der Waals surface area (Å²) in [6, 6.07) is 12.9. The summed E-state index contributed by atoms with van der Waals surface area (Å²) < 4.78 is 15.6. The Morgan fingerprint density at radius 3 is 2.12 bits per heavy atom. The lowest BCUT2D eigenvalue weighted by atomic mass is 10.2. The fourth-order valence-corrected chi connectivity index (χ4v) is 2.25. The Kier molecular flexibility index (Phi) is 8.15. The predicted molar refractivity (Wildman–Crippen MR) is 95.6 cm³/mol. The molecule has 0 amide bonds. The molecule has 0 atom stereocenters. The predicted octanol–water partition coefficient (Wildman–Crippen LogP) is 3.37. The van der Waals surface area contributed by atoms with Crippen molar-refractivity contribution in [2.45, 2.75) is 25.7 Å². The summed E-state index contributed by atoms with van der Waals surface area (Å²) in [5.41, 5.74) is 0.411. The first kappa shape index (κ1) is 19.5. The highest BCUT2D eigenvalue weighted by molar-refractivity contribution is 5.91. The summed E-state index contributed by atoms with van der Waals surface area (Å²) in [6.07, 6.45) is 3.76. The van der Waals surface area contributed by atoms with Gasteiger partial charge in [-0.3, -0.25) is 4.79 Å². The van der Waals surface area contributed by atoms with Crippen LogP contribution in [0.5, 0.6) is 17.2 Å². The van der Waals surface area contributed by atoms with E-state index in [1.165, 1.54) is 12.1 Å². The molecule has 1 N–H and O–H groups in total. The van der Waals surface area contributed by atoms with Crippen molar-refractivity contribution in [1.82, 2.24) is 0 Å². The van der Waals surface area contributed by atoms with Gasteiger partial charge in [0.05, 0.1) is 12.2 Å². The molecule has 0 aromatic heterocycles. The topological polar surface area (TPSA) is 82.1 Å². The van der Waals surface area contributed by atoms with Crippen LogP contribution < -0.4 is 14.2 Å². The van der Waals surface area contributed by atoms with Crippen LogP contribution in [0.25, 0.3) is 0 Å². The van der Waals surface area contributed by atoms with Crippen molar-refractivity contribution in [3.8, 4) is 17.2 Å². The van der Waals surface area contributed by atoms with Gasteiger partial charge in [-0.2, -0.15) is 0 Å². The average Bonchev–Trinajstić information content (AvgIpc) is 2.67. The summed E-state index contributed by atoms with van der Waals surface area (Å²) in [4.78, 5) is 22.4. The number of hydrogen-bond donors (Lipinski definition) is 1. The first-order valence-corrected chi connectivity index (χ1v) is 8.49. The zero-order valence-electron chi connectivity index (χ0n) is 14.4. The number of rotatable bonds is 11. The molecule has 0 saturated carbocycles. The first-order valence-electron chi connectivity index (χ1n) is 8.49. The second kappa shape index (κ2) is 10.9. The van der Waals surface area contributed by atoms with E-state index in [-0.39, 0.29) is 6.61 Å². The van der Waals surface area contributed by atoms with Crippen molar-refractivity contribution in [3.63, 3.8) is 0 Å². The van der Waals surface area contributed by atoms with Crippen LogP contribution in [0.4, 0.5) is 0 Å². The molecule has 0 aliphatic heterocycles. The molecule has 0 saturated heterocycles. The van der Waals surface area contributed by atoms with Gasteiger partial charge in [-0.25, -0.2) is 4.79 Å². The molecule has 2 rings (SSSR count). The second-order valence-corrected chi connectivity index (χ2v) is 5.59. The molecule has 0 radical (unpaired) electrons. The van der Waals surface area contributed by atoms with Gasteiger partial charge in [0.2, 0.25) is 0 Å². The third-order valence-electron chi connectivity index (χ3n) is 3.63. The molecule has 26 heavy (non-hydrogen) atoms. The van der Waals surface area contributed by atoms with E-state index in [9.17, 15) is 9.59 Å². The minimum atomic E-state index is -0.482. The molecule has 138 valence electrons. The first-order chi connectivity index (χ1) is 12.7. The zero-order chi connectivity index (χ0) is 18.6. The highest BCUT2D eigenvalue weighted by atomic mass is 16.5. The van der Waals surface area contributed by atoms with Crippen molar-refractivity contribution in [2.24, 2.45) is 0 Å². The smallest absolute Gasteiger partial charge is 0.343 e. The van der Waals surface area contributed by atoms with E-state index in [1.807, 2.05) is 0 Å². The van der Waals surface area contributed by atoms with Crippen LogP contribution in [0, 0.1) is 0 Å². The van der Waals surface area contributed by atoms with Crippen molar-refractivity contribution in [1.29, 1.82) is 0 Å². The zero-order valence-corrected chi connectivity index (χ0v) is 14.4. The van der Waals surface area contributed by atoms with Gasteiger partial charge in [0.15, 0.2) is 0 Å². The van der Waals surface area contributed by atoms with Crippen LogP contribution in [0.15, 0.2) is 48.5 Å². The van der Waals surface area contributed by atoms with Crippen molar-refractivity contribution >= 4 is 12.4 Å². The molecule has 0 unspecified atom stereocenters. The average molecular weight is 358 g/mol. The Balaban J connectivity index is 1.79. The number of ether oxygens (including phenoxy) is 3. The van der Waals surface area contributed by atoms with Crippen molar-refractivity contribution < 1.29 is 28.9 Å². The summed E-state index contributed by atoms with van der Waals surface area (Å²) in [5, 5.41) is 8.71. The maximum Gasteiger partial charge on any atom is 0.343 e. The van der Waals surface area contributed by atoms with Gasteiger partial charge in [-0.1, -0.05) is 6.42 Å². The molecule has 6 heteroatoms. The van der Waals surface area contributed by atoms with Crippen LogP contribution in [0.1, 0.15) is 36.0 Å². The van der Waals surface area contributed by atoms with Gasteiger partial charge in [0.25, 0.3) is 6.47 Å². The summed E-state index contributed by atoms with van der Waals surface area (Å²) in [5.74, 6) is 0.942. The third kappa shape index (κ3) is 6.57. The van der Waals surface area contributed by atoms with Crippen LogP contribution >= 0.6 is 0 Å². The Morgan fingerprint density at radius 2 is 1.46 bits per heavy atom. The number of carbonyl (C=O) groups is 2. The van der Waals surface area contributed by atoms with Crippen molar-refractivity contribution in [2.75, 3.05) is 13.2 Å². The maximum absolute atomic E-state index is 12.1. The molecule has 0 fully saturated rings. The number of esters is 1. The fourth-order valence-electron chi connectivity index (χ4n) is 2.25. The molecule has 6 nitrogen and oxygen atoms in total. The lowest BCUT2D eigenvalue weighted by Crippen LogP contribution is -2.08. The van der Waals surface area contributed by atoms with Crippen molar-refractivity contribution in [3.05, 3.63) is 54.1 Å². The van der Waals surface area contributed by atoms with Crippen LogP contribution in [0.2, 0.25) is 0 Å².